The van der Waals surface area contributed by atoms with Crippen molar-refractivity contribution in [1.82, 2.24) is 5.32 Å². The number of carboxylic acid groups (broad SMARTS) is 1. The van der Waals surface area contributed by atoms with Gasteiger partial charge in [-0.1, -0.05) is 29.8 Å². The van der Waals surface area contributed by atoms with Gasteiger partial charge in [-0.2, -0.15) is 5.26 Å². The Labute approximate surface area is 134 Å². The summed E-state index contributed by atoms with van der Waals surface area (Å²) in [5, 5.41) is 20.6. The molecule has 0 heterocycles. The second kappa shape index (κ2) is 7.23. The van der Waals surface area contributed by atoms with Crippen LogP contribution in [0.25, 0.3) is 0 Å². The molecule has 0 aliphatic heterocycles. The van der Waals surface area contributed by atoms with E-state index in [1.807, 2.05) is 37.3 Å². The van der Waals surface area contributed by atoms with Gasteiger partial charge in [-0.25, -0.2) is 4.79 Å². The number of nitrogens with one attached hydrogen (secondary N) is 1. The number of nitrogens with zero attached hydrogens (tertiary/aromatic N) is 1. The van der Waals surface area contributed by atoms with Crippen molar-refractivity contribution in [3.63, 3.8) is 0 Å². The first-order valence-corrected chi connectivity index (χ1v) is 7.09. The number of benzene rings is 2. The van der Waals surface area contributed by atoms with Gasteiger partial charge >= 0.3 is 5.97 Å². The summed E-state index contributed by atoms with van der Waals surface area (Å²) in [6.07, 6.45) is 0.207. The van der Waals surface area contributed by atoms with Gasteiger partial charge in [0, 0.05) is 12.0 Å². The molecule has 0 bridgehead atoms. The second-order valence-corrected chi connectivity index (χ2v) is 5.25. The summed E-state index contributed by atoms with van der Waals surface area (Å²) in [4.78, 5) is 23.6. The Hall–Kier alpha value is -3.13. The van der Waals surface area contributed by atoms with Crippen molar-refractivity contribution in [2.45, 2.75) is 19.4 Å². The van der Waals surface area contributed by atoms with Crippen molar-refractivity contribution >= 4 is 11.9 Å². The lowest BCUT2D eigenvalue weighted by Gasteiger charge is -2.15. The Morgan fingerprint density at radius 3 is 2.48 bits per heavy atom. The third kappa shape index (κ3) is 4.42. The van der Waals surface area contributed by atoms with Crippen LogP contribution in [0.2, 0.25) is 0 Å². The number of carboxylic acids is 1. The monoisotopic (exact) mass is 308 g/mol. The summed E-state index contributed by atoms with van der Waals surface area (Å²) in [5.74, 6) is -1.57. The van der Waals surface area contributed by atoms with Gasteiger partial charge in [0.15, 0.2) is 0 Å². The number of aryl methyl sites for hydroxylation is 1. The third-order valence-electron chi connectivity index (χ3n) is 3.40. The van der Waals surface area contributed by atoms with Gasteiger partial charge < -0.3 is 10.4 Å². The molecule has 23 heavy (non-hydrogen) atoms. The van der Waals surface area contributed by atoms with E-state index in [0.717, 1.165) is 11.1 Å². The first-order chi connectivity index (χ1) is 11.0. The normalized spacial score (nSPS) is 11.3. The van der Waals surface area contributed by atoms with Crippen LogP contribution in [0.5, 0.6) is 0 Å². The molecule has 1 atom stereocenters. The average Bonchev–Trinajstić information content (AvgIpc) is 2.54. The van der Waals surface area contributed by atoms with E-state index in [1.165, 1.54) is 24.3 Å². The summed E-state index contributed by atoms with van der Waals surface area (Å²) in [6, 6.07) is 14.5. The van der Waals surface area contributed by atoms with E-state index in [1.54, 1.807) is 0 Å². The van der Waals surface area contributed by atoms with Gasteiger partial charge in [0.1, 0.15) is 6.04 Å². The number of rotatable bonds is 5. The second-order valence-electron chi connectivity index (χ2n) is 5.25. The fraction of sp³-hybridized carbons (Fsp3) is 0.167. The minimum absolute atomic E-state index is 0.207. The maximum Gasteiger partial charge on any atom is 0.326 e. The van der Waals surface area contributed by atoms with E-state index in [-0.39, 0.29) is 6.42 Å². The summed E-state index contributed by atoms with van der Waals surface area (Å²) < 4.78 is 0. The van der Waals surface area contributed by atoms with Crippen molar-refractivity contribution in [3.05, 3.63) is 70.8 Å². The summed E-state index contributed by atoms with van der Waals surface area (Å²) in [5.41, 5.74) is 2.64. The number of nitriles is 1. The molecule has 2 rings (SSSR count). The standard InChI is InChI=1S/C18H16N2O3/c1-12-3-2-4-14(9-12)10-16(18(22)23)20-17(21)15-7-5-13(11-19)6-8-15/h2-9,16H,10H2,1H3,(H,20,21)(H,22,23)/t16-/m1/s1. The fourth-order valence-electron chi connectivity index (χ4n) is 2.21. The van der Waals surface area contributed by atoms with Crippen LogP contribution >= 0.6 is 0 Å². The molecule has 2 aromatic rings. The Kier molecular flexibility index (Phi) is 5.11. The molecule has 0 aromatic heterocycles. The van der Waals surface area contributed by atoms with Crippen molar-refractivity contribution in [2.75, 3.05) is 0 Å². The average molecular weight is 308 g/mol. The predicted octanol–water partition coefficient (Wildman–Crippen LogP) is 2.29. The van der Waals surface area contributed by atoms with E-state index in [2.05, 4.69) is 5.32 Å². The fourth-order valence-corrected chi connectivity index (χ4v) is 2.21. The zero-order valence-electron chi connectivity index (χ0n) is 12.6. The maximum atomic E-state index is 12.2. The highest BCUT2D eigenvalue weighted by Crippen LogP contribution is 2.09. The van der Waals surface area contributed by atoms with Crippen molar-refractivity contribution in [2.24, 2.45) is 0 Å². The van der Waals surface area contributed by atoms with Crippen LogP contribution in [0.3, 0.4) is 0 Å². The molecule has 0 fully saturated rings. The van der Waals surface area contributed by atoms with E-state index < -0.39 is 17.9 Å². The summed E-state index contributed by atoms with van der Waals surface area (Å²) in [7, 11) is 0. The van der Waals surface area contributed by atoms with E-state index in [9.17, 15) is 14.7 Å². The molecule has 5 nitrogen and oxygen atoms in total. The molecular formula is C18H16N2O3. The van der Waals surface area contributed by atoms with Crippen LogP contribution < -0.4 is 5.32 Å². The van der Waals surface area contributed by atoms with Crippen LogP contribution in [0, 0.1) is 18.3 Å². The zero-order chi connectivity index (χ0) is 16.8. The number of carbonyl (C=O) groups excluding carboxylic acids is 1. The van der Waals surface area contributed by atoms with Crippen molar-refractivity contribution in [3.8, 4) is 6.07 Å². The zero-order valence-corrected chi connectivity index (χ0v) is 12.6. The van der Waals surface area contributed by atoms with Gasteiger partial charge in [-0.05, 0) is 36.8 Å². The Morgan fingerprint density at radius 1 is 1.22 bits per heavy atom. The molecule has 0 saturated carbocycles. The highest BCUT2D eigenvalue weighted by atomic mass is 16.4. The molecule has 0 radical (unpaired) electrons. The van der Waals surface area contributed by atoms with Crippen LogP contribution in [0.15, 0.2) is 48.5 Å². The number of amides is 1. The van der Waals surface area contributed by atoms with Gasteiger partial charge in [-0.3, -0.25) is 4.79 Å². The topological polar surface area (TPSA) is 90.2 Å². The van der Waals surface area contributed by atoms with Crippen LogP contribution in [0.1, 0.15) is 27.0 Å². The van der Waals surface area contributed by atoms with E-state index in [0.29, 0.717) is 11.1 Å². The molecule has 5 heteroatoms. The Balaban J connectivity index is 2.11. The van der Waals surface area contributed by atoms with Crippen molar-refractivity contribution in [1.29, 1.82) is 5.26 Å². The lowest BCUT2D eigenvalue weighted by molar-refractivity contribution is -0.139. The number of carbonyl (C=O) groups is 2. The lowest BCUT2D eigenvalue weighted by Crippen LogP contribution is -2.42. The number of aliphatic carboxylic acids is 1. The number of hydrogen-bond acceptors (Lipinski definition) is 3. The number of hydrogen-bond donors (Lipinski definition) is 2. The first kappa shape index (κ1) is 16.2. The largest absolute Gasteiger partial charge is 0.480 e. The van der Waals surface area contributed by atoms with Crippen LogP contribution in [-0.2, 0) is 11.2 Å². The molecule has 0 aliphatic rings. The summed E-state index contributed by atoms with van der Waals surface area (Å²) in [6.45, 7) is 1.93. The Bertz CT molecular complexity index is 761. The molecule has 2 aromatic carbocycles. The first-order valence-electron chi connectivity index (χ1n) is 7.09. The highest BCUT2D eigenvalue weighted by molar-refractivity contribution is 5.96. The molecule has 0 unspecified atom stereocenters. The van der Waals surface area contributed by atoms with E-state index in [4.69, 9.17) is 5.26 Å². The molecular weight excluding hydrogens is 292 g/mol. The molecule has 116 valence electrons. The Morgan fingerprint density at radius 2 is 1.91 bits per heavy atom. The van der Waals surface area contributed by atoms with Gasteiger partial charge in [0.05, 0.1) is 11.6 Å². The highest BCUT2D eigenvalue weighted by Gasteiger charge is 2.21. The van der Waals surface area contributed by atoms with Crippen LogP contribution in [-0.4, -0.2) is 23.0 Å². The van der Waals surface area contributed by atoms with Crippen molar-refractivity contribution < 1.29 is 14.7 Å². The molecule has 0 aliphatic carbocycles. The van der Waals surface area contributed by atoms with Gasteiger partial charge in [0.25, 0.3) is 5.91 Å². The maximum absolute atomic E-state index is 12.2. The van der Waals surface area contributed by atoms with E-state index >= 15 is 0 Å². The summed E-state index contributed by atoms with van der Waals surface area (Å²) >= 11 is 0. The predicted molar refractivity (Wildman–Crippen MR) is 84.9 cm³/mol. The SMILES string of the molecule is Cc1cccc(C[C@@H](NC(=O)c2ccc(C#N)cc2)C(=O)O)c1. The molecule has 2 N–H and O–H groups in total. The minimum Gasteiger partial charge on any atom is -0.480 e. The minimum atomic E-state index is -1.09. The third-order valence-corrected chi connectivity index (χ3v) is 3.40. The smallest absolute Gasteiger partial charge is 0.326 e. The quantitative estimate of drug-likeness (QED) is 0.886. The molecule has 0 saturated heterocycles. The lowest BCUT2D eigenvalue weighted by atomic mass is 10.0. The molecule has 1 amide bonds. The molecule has 0 spiro atoms. The van der Waals surface area contributed by atoms with Crippen LogP contribution in [0.4, 0.5) is 0 Å². The van der Waals surface area contributed by atoms with Gasteiger partial charge in [-0.15, -0.1) is 0 Å². The van der Waals surface area contributed by atoms with Gasteiger partial charge in [0.2, 0.25) is 0 Å².